The van der Waals surface area contributed by atoms with Crippen LogP contribution in [-0.2, 0) is 4.74 Å². The molecule has 5 nitrogen and oxygen atoms in total. The molecule has 3 atom stereocenters. The van der Waals surface area contributed by atoms with Crippen LogP contribution >= 0.6 is 0 Å². The Morgan fingerprint density at radius 1 is 1.17 bits per heavy atom. The molecule has 0 aromatic heterocycles. The smallest absolute Gasteiger partial charge is 0.407 e. The number of rotatable bonds is 2. The Balaban J connectivity index is 1.47. The van der Waals surface area contributed by atoms with E-state index in [0.29, 0.717) is 11.8 Å². The summed E-state index contributed by atoms with van der Waals surface area (Å²) in [6.45, 7) is 6.57. The fourth-order valence-corrected chi connectivity index (χ4v) is 3.88. The molecule has 1 amide bonds. The molecule has 102 valence electrons. The third-order valence-electron chi connectivity index (χ3n) is 4.74. The van der Waals surface area contributed by atoms with Gasteiger partial charge in [-0.1, -0.05) is 0 Å². The molecule has 2 aliphatic heterocycles. The van der Waals surface area contributed by atoms with Crippen LogP contribution in [0.5, 0.6) is 0 Å². The predicted octanol–water partition coefficient (Wildman–Crippen LogP) is 0.955. The molecule has 0 aromatic carbocycles. The van der Waals surface area contributed by atoms with Crippen LogP contribution < -0.4 is 0 Å². The molecule has 1 N–H and O–H groups in total. The molecule has 1 saturated carbocycles. The standard InChI is InChI=1S/C13H22N2O3/c16-13(17)15-8-11-5-10(6-12(11)9-15)7-14-1-3-18-4-2-14/h10-12H,1-9H2,(H,16,17)/t10?,11-,12+. The number of hydrogen-bond donors (Lipinski definition) is 1. The third kappa shape index (κ3) is 2.47. The largest absolute Gasteiger partial charge is 0.465 e. The van der Waals surface area contributed by atoms with Crippen molar-refractivity contribution in [3.63, 3.8) is 0 Å². The molecule has 0 aromatic rings. The van der Waals surface area contributed by atoms with E-state index in [0.717, 1.165) is 45.3 Å². The van der Waals surface area contributed by atoms with E-state index < -0.39 is 6.09 Å². The average Bonchev–Trinajstić information content (AvgIpc) is 2.88. The maximum Gasteiger partial charge on any atom is 0.407 e. The monoisotopic (exact) mass is 254 g/mol. The van der Waals surface area contributed by atoms with Crippen molar-refractivity contribution in [1.82, 2.24) is 9.80 Å². The zero-order valence-electron chi connectivity index (χ0n) is 10.8. The van der Waals surface area contributed by atoms with Gasteiger partial charge in [-0.25, -0.2) is 4.79 Å². The lowest BCUT2D eigenvalue weighted by Crippen LogP contribution is -2.39. The second kappa shape index (κ2) is 5.05. The average molecular weight is 254 g/mol. The first-order chi connectivity index (χ1) is 8.72. The number of ether oxygens (including phenoxy) is 1. The Morgan fingerprint density at radius 3 is 2.33 bits per heavy atom. The highest BCUT2D eigenvalue weighted by Crippen LogP contribution is 2.41. The van der Waals surface area contributed by atoms with Crippen LogP contribution in [0, 0.1) is 17.8 Å². The van der Waals surface area contributed by atoms with Crippen molar-refractivity contribution in [2.75, 3.05) is 45.9 Å². The van der Waals surface area contributed by atoms with Gasteiger partial charge in [0.1, 0.15) is 0 Å². The molecule has 3 rings (SSSR count). The van der Waals surface area contributed by atoms with Crippen LogP contribution in [0.1, 0.15) is 12.8 Å². The first kappa shape index (κ1) is 12.2. The van der Waals surface area contributed by atoms with E-state index in [2.05, 4.69) is 4.90 Å². The van der Waals surface area contributed by atoms with Gasteiger partial charge >= 0.3 is 6.09 Å². The SMILES string of the molecule is O=C(O)N1C[C@H]2CC(CN3CCOCC3)C[C@H]2C1. The van der Waals surface area contributed by atoms with E-state index in [1.165, 1.54) is 19.4 Å². The van der Waals surface area contributed by atoms with Crippen molar-refractivity contribution in [3.8, 4) is 0 Å². The van der Waals surface area contributed by atoms with Crippen molar-refractivity contribution >= 4 is 6.09 Å². The molecular formula is C13H22N2O3. The van der Waals surface area contributed by atoms with E-state index in [-0.39, 0.29) is 0 Å². The third-order valence-corrected chi connectivity index (χ3v) is 4.74. The molecule has 3 fully saturated rings. The topological polar surface area (TPSA) is 53.0 Å². The normalized spacial score (nSPS) is 36.9. The van der Waals surface area contributed by atoms with Gasteiger partial charge in [0.25, 0.3) is 0 Å². The number of amides is 1. The number of nitrogens with zero attached hydrogens (tertiary/aromatic N) is 2. The summed E-state index contributed by atoms with van der Waals surface area (Å²) in [7, 11) is 0. The van der Waals surface area contributed by atoms with Crippen molar-refractivity contribution in [1.29, 1.82) is 0 Å². The van der Waals surface area contributed by atoms with Gasteiger partial charge < -0.3 is 14.7 Å². The molecule has 2 heterocycles. The summed E-state index contributed by atoms with van der Waals surface area (Å²) in [6, 6.07) is 0. The Morgan fingerprint density at radius 2 is 1.78 bits per heavy atom. The van der Waals surface area contributed by atoms with Gasteiger partial charge in [-0.05, 0) is 30.6 Å². The second-order valence-corrected chi connectivity index (χ2v) is 5.96. The minimum absolute atomic E-state index is 0.618. The maximum atomic E-state index is 10.9. The summed E-state index contributed by atoms with van der Waals surface area (Å²) in [5.41, 5.74) is 0. The predicted molar refractivity (Wildman–Crippen MR) is 66.6 cm³/mol. The van der Waals surface area contributed by atoms with E-state index in [1.807, 2.05) is 0 Å². The Kier molecular flexibility index (Phi) is 3.43. The first-order valence-electron chi connectivity index (χ1n) is 7.00. The van der Waals surface area contributed by atoms with Crippen molar-refractivity contribution < 1.29 is 14.6 Å². The first-order valence-corrected chi connectivity index (χ1v) is 7.00. The molecule has 0 bridgehead atoms. The lowest BCUT2D eigenvalue weighted by molar-refractivity contribution is 0.0303. The van der Waals surface area contributed by atoms with E-state index in [9.17, 15) is 4.79 Å². The number of likely N-dealkylation sites (tertiary alicyclic amines) is 1. The minimum atomic E-state index is -0.742. The molecule has 5 heteroatoms. The number of hydrogen-bond acceptors (Lipinski definition) is 3. The second-order valence-electron chi connectivity index (χ2n) is 5.96. The van der Waals surface area contributed by atoms with Crippen LogP contribution in [0.3, 0.4) is 0 Å². The lowest BCUT2D eigenvalue weighted by atomic mass is 10.0. The van der Waals surface area contributed by atoms with Gasteiger partial charge in [-0.3, -0.25) is 4.90 Å². The van der Waals surface area contributed by atoms with Crippen LogP contribution in [0.15, 0.2) is 0 Å². The lowest BCUT2D eigenvalue weighted by Gasteiger charge is -2.29. The Bertz CT molecular complexity index is 303. The van der Waals surface area contributed by atoms with Gasteiger partial charge in [-0.2, -0.15) is 0 Å². The summed E-state index contributed by atoms with van der Waals surface area (Å²) in [5, 5.41) is 9.00. The van der Waals surface area contributed by atoms with E-state index >= 15 is 0 Å². The fraction of sp³-hybridized carbons (Fsp3) is 0.923. The van der Waals surface area contributed by atoms with E-state index in [4.69, 9.17) is 9.84 Å². The van der Waals surface area contributed by atoms with Crippen LogP contribution in [0.4, 0.5) is 4.79 Å². The summed E-state index contributed by atoms with van der Waals surface area (Å²) in [4.78, 5) is 15.0. The number of carboxylic acid groups (broad SMARTS) is 1. The van der Waals surface area contributed by atoms with Crippen molar-refractivity contribution in [2.24, 2.45) is 17.8 Å². The highest BCUT2D eigenvalue weighted by atomic mass is 16.5. The Labute approximate surface area is 108 Å². The van der Waals surface area contributed by atoms with Gasteiger partial charge in [0.2, 0.25) is 0 Å². The zero-order chi connectivity index (χ0) is 12.5. The number of morpholine rings is 1. The van der Waals surface area contributed by atoms with Crippen LogP contribution in [-0.4, -0.2) is 66.9 Å². The molecule has 1 unspecified atom stereocenters. The van der Waals surface area contributed by atoms with Gasteiger partial charge in [0, 0.05) is 32.7 Å². The van der Waals surface area contributed by atoms with Crippen LogP contribution in [0.25, 0.3) is 0 Å². The molecule has 2 saturated heterocycles. The highest BCUT2D eigenvalue weighted by molar-refractivity contribution is 5.65. The van der Waals surface area contributed by atoms with Gasteiger partial charge in [-0.15, -0.1) is 0 Å². The molecule has 18 heavy (non-hydrogen) atoms. The molecule has 3 aliphatic rings. The molecule has 0 radical (unpaired) electrons. The minimum Gasteiger partial charge on any atom is -0.465 e. The fourth-order valence-electron chi connectivity index (χ4n) is 3.88. The number of fused-ring (bicyclic) bond motifs is 1. The zero-order valence-corrected chi connectivity index (χ0v) is 10.8. The van der Waals surface area contributed by atoms with E-state index in [1.54, 1.807) is 4.90 Å². The summed E-state index contributed by atoms with van der Waals surface area (Å²) < 4.78 is 5.37. The summed E-state index contributed by atoms with van der Waals surface area (Å²) in [5.74, 6) is 2.01. The molecular weight excluding hydrogens is 232 g/mol. The van der Waals surface area contributed by atoms with Gasteiger partial charge in [0.15, 0.2) is 0 Å². The summed E-state index contributed by atoms with van der Waals surface area (Å²) >= 11 is 0. The molecule has 1 aliphatic carbocycles. The highest BCUT2D eigenvalue weighted by Gasteiger charge is 2.42. The van der Waals surface area contributed by atoms with Crippen molar-refractivity contribution in [3.05, 3.63) is 0 Å². The van der Waals surface area contributed by atoms with Gasteiger partial charge in [0.05, 0.1) is 13.2 Å². The van der Waals surface area contributed by atoms with Crippen LogP contribution in [0.2, 0.25) is 0 Å². The number of carbonyl (C=O) groups is 1. The quantitative estimate of drug-likeness (QED) is 0.797. The molecule has 0 spiro atoms. The Hall–Kier alpha value is -0.810. The maximum absolute atomic E-state index is 10.9. The van der Waals surface area contributed by atoms with Crippen molar-refractivity contribution in [2.45, 2.75) is 12.8 Å². The summed E-state index contributed by atoms with van der Waals surface area (Å²) in [6.07, 6.45) is 1.69.